The normalized spacial score (nSPS) is 10.8. The number of aromatic nitrogens is 4. The van der Waals surface area contributed by atoms with Gasteiger partial charge >= 0.3 is 0 Å². The van der Waals surface area contributed by atoms with Gasteiger partial charge in [-0.2, -0.15) is 0 Å². The fraction of sp³-hybridized carbons (Fsp3) is 0.250. The number of rotatable bonds is 5. The van der Waals surface area contributed by atoms with E-state index in [2.05, 4.69) is 20.7 Å². The van der Waals surface area contributed by atoms with Gasteiger partial charge in [0.05, 0.1) is 11.9 Å². The van der Waals surface area contributed by atoms with E-state index in [9.17, 15) is 4.79 Å². The second-order valence-corrected chi connectivity index (χ2v) is 6.24. The van der Waals surface area contributed by atoms with Crippen molar-refractivity contribution >= 4 is 23.4 Å². The highest BCUT2D eigenvalue weighted by atomic mass is 32.2. The second-order valence-electron chi connectivity index (χ2n) is 5.29. The number of carbonyl (C=O) groups is 1. The van der Waals surface area contributed by atoms with Crippen LogP contribution in [0.25, 0.3) is 5.69 Å². The minimum atomic E-state index is -0.106. The smallest absolute Gasteiger partial charge is 0.221 e. The van der Waals surface area contributed by atoms with E-state index in [1.54, 1.807) is 18.0 Å². The lowest BCUT2D eigenvalue weighted by atomic mass is 10.2. The number of hydrogen-bond donors (Lipinski definition) is 1. The zero-order valence-electron chi connectivity index (χ0n) is 13.6. The molecule has 0 atom stereocenters. The summed E-state index contributed by atoms with van der Waals surface area (Å²) in [4.78, 5) is 11.2. The van der Waals surface area contributed by atoms with Crippen LogP contribution in [0.15, 0.2) is 40.1 Å². The molecule has 7 nitrogen and oxygen atoms in total. The Morgan fingerprint density at radius 2 is 2.17 bits per heavy atom. The van der Waals surface area contributed by atoms with Crippen LogP contribution in [-0.2, 0) is 10.5 Å². The molecule has 0 spiro atoms. The van der Waals surface area contributed by atoms with E-state index in [-0.39, 0.29) is 5.91 Å². The molecule has 2 heterocycles. The van der Waals surface area contributed by atoms with Crippen LogP contribution in [0.4, 0.5) is 5.69 Å². The quantitative estimate of drug-likeness (QED) is 0.716. The molecular formula is C16H17N5O2S. The Morgan fingerprint density at radius 3 is 2.88 bits per heavy atom. The van der Waals surface area contributed by atoms with E-state index in [1.165, 1.54) is 6.92 Å². The molecule has 0 aliphatic rings. The van der Waals surface area contributed by atoms with Crippen LogP contribution in [0.5, 0.6) is 0 Å². The van der Waals surface area contributed by atoms with Crippen molar-refractivity contribution in [2.45, 2.75) is 31.7 Å². The number of nitrogens with one attached hydrogen (secondary N) is 1. The first-order chi connectivity index (χ1) is 11.5. The van der Waals surface area contributed by atoms with E-state index in [0.717, 1.165) is 33.7 Å². The summed E-state index contributed by atoms with van der Waals surface area (Å²) in [5.74, 6) is 2.17. The van der Waals surface area contributed by atoms with Crippen molar-refractivity contribution in [1.82, 2.24) is 19.9 Å². The summed E-state index contributed by atoms with van der Waals surface area (Å²) < 4.78 is 7.04. The molecule has 3 rings (SSSR count). The summed E-state index contributed by atoms with van der Waals surface area (Å²) in [6, 6.07) is 7.58. The lowest BCUT2D eigenvalue weighted by Gasteiger charge is -2.10. The summed E-state index contributed by atoms with van der Waals surface area (Å²) in [7, 11) is 0. The van der Waals surface area contributed by atoms with Gasteiger partial charge in [-0.15, -0.1) is 10.2 Å². The third kappa shape index (κ3) is 3.48. The fourth-order valence-electron chi connectivity index (χ4n) is 2.26. The van der Waals surface area contributed by atoms with Gasteiger partial charge in [0, 0.05) is 23.9 Å². The molecule has 0 aliphatic carbocycles. The largest absolute Gasteiger partial charge is 0.361 e. The van der Waals surface area contributed by atoms with Crippen molar-refractivity contribution in [3.8, 4) is 5.69 Å². The molecular weight excluding hydrogens is 326 g/mol. The Balaban J connectivity index is 1.87. The molecule has 3 aromatic rings. The Bertz CT molecular complexity index is 871. The molecule has 8 heteroatoms. The van der Waals surface area contributed by atoms with Crippen LogP contribution < -0.4 is 5.32 Å². The van der Waals surface area contributed by atoms with E-state index < -0.39 is 0 Å². The zero-order valence-corrected chi connectivity index (χ0v) is 14.4. The first kappa shape index (κ1) is 16.3. The highest BCUT2D eigenvalue weighted by molar-refractivity contribution is 7.98. The average Bonchev–Trinajstić information content (AvgIpc) is 3.10. The van der Waals surface area contributed by atoms with E-state index in [0.29, 0.717) is 5.75 Å². The highest BCUT2D eigenvalue weighted by Gasteiger charge is 2.13. The van der Waals surface area contributed by atoms with Crippen LogP contribution in [0.3, 0.4) is 0 Å². The SMILES string of the molecule is CC(=O)Nc1cccc(-n2c(C)nnc2SCc2cnoc2C)c1. The lowest BCUT2D eigenvalue weighted by Crippen LogP contribution is -2.07. The fourth-order valence-corrected chi connectivity index (χ4v) is 3.29. The molecule has 0 radical (unpaired) electrons. The van der Waals surface area contributed by atoms with Crippen molar-refractivity contribution < 1.29 is 9.32 Å². The molecule has 1 amide bonds. The highest BCUT2D eigenvalue weighted by Crippen LogP contribution is 2.27. The second kappa shape index (κ2) is 6.88. The van der Waals surface area contributed by atoms with Crippen LogP contribution in [0, 0.1) is 13.8 Å². The summed E-state index contributed by atoms with van der Waals surface area (Å²) in [5, 5.41) is 15.8. The molecule has 1 aromatic carbocycles. The molecule has 0 saturated heterocycles. The first-order valence-electron chi connectivity index (χ1n) is 7.37. The Kier molecular flexibility index (Phi) is 4.66. The van der Waals surface area contributed by atoms with Gasteiger partial charge in [0.25, 0.3) is 0 Å². The molecule has 24 heavy (non-hydrogen) atoms. The van der Waals surface area contributed by atoms with Gasteiger partial charge in [-0.1, -0.05) is 23.0 Å². The van der Waals surface area contributed by atoms with Crippen molar-refractivity contribution in [2.75, 3.05) is 5.32 Å². The molecule has 1 N–H and O–H groups in total. The summed E-state index contributed by atoms with van der Waals surface area (Å²) in [6.07, 6.45) is 1.72. The van der Waals surface area contributed by atoms with Crippen LogP contribution in [-0.4, -0.2) is 25.8 Å². The van der Waals surface area contributed by atoms with Crippen LogP contribution in [0.2, 0.25) is 0 Å². The first-order valence-corrected chi connectivity index (χ1v) is 8.36. The minimum Gasteiger partial charge on any atom is -0.361 e. The molecule has 0 fully saturated rings. The number of aryl methyl sites for hydroxylation is 2. The molecule has 2 aromatic heterocycles. The maximum absolute atomic E-state index is 11.2. The van der Waals surface area contributed by atoms with E-state index >= 15 is 0 Å². The monoisotopic (exact) mass is 343 g/mol. The maximum Gasteiger partial charge on any atom is 0.221 e. The van der Waals surface area contributed by atoms with Crippen molar-refractivity contribution in [3.05, 3.63) is 47.6 Å². The summed E-state index contributed by atoms with van der Waals surface area (Å²) >= 11 is 1.56. The predicted molar refractivity (Wildman–Crippen MR) is 91.2 cm³/mol. The van der Waals surface area contributed by atoms with Gasteiger partial charge in [0.2, 0.25) is 5.91 Å². The number of hydrogen-bond acceptors (Lipinski definition) is 6. The van der Waals surface area contributed by atoms with E-state index in [1.807, 2.05) is 42.7 Å². The van der Waals surface area contributed by atoms with Crippen molar-refractivity contribution in [2.24, 2.45) is 0 Å². The van der Waals surface area contributed by atoms with Gasteiger partial charge in [-0.25, -0.2) is 0 Å². The average molecular weight is 343 g/mol. The molecule has 124 valence electrons. The number of carbonyl (C=O) groups excluding carboxylic acids is 1. The number of thioether (sulfide) groups is 1. The molecule has 0 saturated carbocycles. The number of amides is 1. The van der Waals surface area contributed by atoms with Gasteiger partial charge in [-0.05, 0) is 32.0 Å². The predicted octanol–water partition coefficient (Wildman–Crippen LogP) is 3.12. The van der Waals surface area contributed by atoms with Gasteiger partial charge < -0.3 is 9.84 Å². The number of benzene rings is 1. The summed E-state index contributed by atoms with van der Waals surface area (Å²) in [6.45, 7) is 5.27. The minimum absolute atomic E-state index is 0.106. The lowest BCUT2D eigenvalue weighted by molar-refractivity contribution is -0.114. The standard InChI is InChI=1S/C16H17N5O2S/c1-10-13(8-17-23-10)9-24-16-20-19-11(2)21(16)15-6-4-5-14(7-15)18-12(3)22/h4-8H,9H2,1-3H3,(H,18,22). The third-order valence-electron chi connectivity index (χ3n) is 3.43. The zero-order chi connectivity index (χ0) is 17.1. The van der Waals surface area contributed by atoms with Crippen LogP contribution in [0.1, 0.15) is 24.1 Å². The van der Waals surface area contributed by atoms with Crippen molar-refractivity contribution in [1.29, 1.82) is 0 Å². The van der Waals surface area contributed by atoms with Gasteiger partial charge in [-0.3, -0.25) is 9.36 Å². The van der Waals surface area contributed by atoms with E-state index in [4.69, 9.17) is 4.52 Å². The maximum atomic E-state index is 11.2. The van der Waals surface area contributed by atoms with Gasteiger partial charge in [0.1, 0.15) is 11.6 Å². The number of nitrogens with zero attached hydrogens (tertiary/aromatic N) is 4. The number of anilines is 1. The summed E-state index contributed by atoms with van der Waals surface area (Å²) in [5.41, 5.74) is 2.66. The topological polar surface area (TPSA) is 85.8 Å². The van der Waals surface area contributed by atoms with Crippen molar-refractivity contribution in [3.63, 3.8) is 0 Å². The molecule has 0 bridgehead atoms. The third-order valence-corrected chi connectivity index (χ3v) is 4.40. The molecule has 0 unspecified atom stereocenters. The van der Waals surface area contributed by atoms with Gasteiger partial charge in [0.15, 0.2) is 5.16 Å². The van der Waals surface area contributed by atoms with Crippen LogP contribution >= 0.6 is 11.8 Å². The Hall–Kier alpha value is -2.61. The Morgan fingerprint density at radius 1 is 1.33 bits per heavy atom. The molecule has 0 aliphatic heterocycles. The Labute approximate surface area is 143 Å².